The van der Waals surface area contributed by atoms with Crippen molar-refractivity contribution in [1.29, 1.82) is 0 Å². The number of hydrogen-bond acceptors (Lipinski definition) is 11. The first-order valence-corrected chi connectivity index (χ1v) is 10.2. The van der Waals surface area contributed by atoms with Crippen LogP contribution in [0.4, 0.5) is 0 Å². The Kier molecular flexibility index (Phi) is 6.92. The zero-order valence-corrected chi connectivity index (χ0v) is 15.8. The van der Waals surface area contributed by atoms with Gasteiger partial charge in [0.1, 0.15) is 18.3 Å². The first kappa shape index (κ1) is 22.1. The molecule has 0 bridgehead atoms. The number of H-pyrrole nitrogens is 1. The second-order valence-electron chi connectivity index (χ2n) is 5.22. The van der Waals surface area contributed by atoms with Crippen molar-refractivity contribution >= 4 is 15.6 Å². The topological polar surface area (TPSA) is 196 Å². The number of nitrogens with zero attached hydrogens (tertiary/aromatic N) is 1. The van der Waals surface area contributed by atoms with Gasteiger partial charge in [-0.15, -0.1) is 0 Å². The fourth-order valence-electron chi connectivity index (χ4n) is 2.16. The van der Waals surface area contributed by atoms with Gasteiger partial charge >= 0.3 is 21.3 Å². The smallest absolute Gasteiger partial charge is 0.387 e. The Bertz CT molecular complexity index is 867. The fourth-order valence-corrected chi connectivity index (χ4v) is 4.33. The minimum Gasteiger partial charge on any atom is -0.387 e. The lowest BCUT2D eigenvalue weighted by molar-refractivity contribution is -0.0547. The fraction of sp³-hybridized carbons (Fsp3) is 0.636. The molecule has 1 saturated heterocycles. The third-order valence-electron chi connectivity index (χ3n) is 3.52. The van der Waals surface area contributed by atoms with Crippen LogP contribution in [-0.4, -0.2) is 63.8 Å². The molecule has 0 amide bonds. The molecular formula is C11H18N2O12P2. The normalized spacial score (nSPS) is 30.0. The van der Waals surface area contributed by atoms with Gasteiger partial charge < -0.3 is 19.8 Å². The molecule has 2 rings (SSSR count). The number of phosphoric ester groups is 2. The third-order valence-corrected chi connectivity index (χ3v) is 6.52. The molecular weight excluding hydrogens is 414 g/mol. The maximum Gasteiger partial charge on any atom is 0.483 e. The summed E-state index contributed by atoms with van der Waals surface area (Å²) in [6, 6.07) is 1.00. The molecule has 1 aliphatic rings. The first-order chi connectivity index (χ1) is 12.5. The van der Waals surface area contributed by atoms with Crippen LogP contribution in [-0.2, 0) is 31.7 Å². The van der Waals surface area contributed by atoms with Crippen molar-refractivity contribution in [3.8, 4) is 0 Å². The summed E-state index contributed by atoms with van der Waals surface area (Å²) in [6.45, 7) is -0.707. The maximum absolute atomic E-state index is 12.2. The van der Waals surface area contributed by atoms with Crippen LogP contribution in [0.3, 0.4) is 0 Å². The Hall–Kier alpha value is -1.18. The van der Waals surface area contributed by atoms with Crippen molar-refractivity contribution in [2.45, 2.75) is 24.5 Å². The molecule has 6 unspecified atom stereocenters. The predicted octanol–water partition coefficient (Wildman–Crippen LogP) is -1.31. The van der Waals surface area contributed by atoms with E-state index in [1.165, 1.54) is 0 Å². The van der Waals surface area contributed by atoms with E-state index in [2.05, 4.69) is 13.4 Å². The average Bonchev–Trinajstić information content (AvgIpc) is 2.88. The Morgan fingerprint density at radius 1 is 1.22 bits per heavy atom. The quantitative estimate of drug-likeness (QED) is 0.355. The number of aliphatic hydroxyl groups is 2. The summed E-state index contributed by atoms with van der Waals surface area (Å²) < 4.78 is 47.3. The van der Waals surface area contributed by atoms with Gasteiger partial charge in [0.25, 0.3) is 5.56 Å². The molecule has 1 fully saturated rings. The van der Waals surface area contributed by atoms with Crippen LogP contribution in [0.15, 0.2) is 21.9 Å². The molecule has 154 valence electrons. The Labute approximate surface area is 151 Å². The van der Waals surface area contributed by atoms with Gasteiger partial charge in [-0.2, -0.15) is 4.31 Å². The van der Waals surface area contributed by atoms with Gasteiger partial charge in [0.2, 0.25) is 0 Å². The average molecular weight is 432 g/mol. The van der Waals surface area contributed by atoms with E-state index in [1.54, 1.807) is 0 Å². The summed E-state index contributed by atoms with van der Waals surface area (Å²) >= 11 is 0. The number of aromatic nitrogens is 2. The van der Waals surface area contributed by atoms with Crippen LogP contribution in [0, 0.1) is 0 Å². The summed E-state index contributed by atoms with van der Waals surface area (Å²) in [6.07, 6.45) is -4.86. The summed E-state index contributed by atoms with van der Waals surface area (Å²) in [7, 11) is -7.59. The van der Waals surface area contributed by atoms with E-state index in [0.717, 1.165) is 31.0 Å². The third kappa shape index (κ3) is 5.21. The molecule has 2 heterocycles. The molecule has 14 nitrogen and oxygen atoms in total. The highest BCUT2D eigenvalue weighted by molar-refractivity contribution is 7.61. The summed E-state index contributed by atoms with van der Waals surface area (Å²) in [5, 5.41) is 20.1. The van der Waals surface area contributed by atoms with Crippen molar-refractivity contribution in [3.63, 3.8) is 0 Å². The van der Waals surface area contributed by atoms with Crippen molar-refractivity contribution < 1.29 is 46.9 Å². The molecule has 1 aromatic rings. The van der Waals surface area contributed by atoms with E-state index in [-0.39, 0.29) is 0 Å². The van der Waals surface area contributed by atoms with E-state index in [1.807, 2.05) is 4.98 Å². The first-order valence-electron chi connectivity index (χ1n) is 7.25. The van der Waals surface area contributed by atoms with E-state index in [9.17, 15) is 33.8 Å². The maximum atomic E-state index is 12.2. The van der Waals surface area contributed by atoms with E-state index in [0.29, 0.717) is 0 Å². The summed E-state index contributed by atoms with van der Waals surface area (Å²) in [5.41, 5.74) is -1.57. The molecule has 16 heteroatoms. The standard InChI is InChI=1S/C11H18N2O12P2/c1-21-26(18,19)25-27(20,22-2)23-5-6-8(15)9(16)10(24-6)13-4-3-7(14)12-11(13)17/h3-4,6,8-10,15-16H,5H2,1-2H3,(H,18,19)(H,12,14,17). The lowest BCUT2D eigenvalue weighted by Gasteiger charge is -2.20. The summed E-state index contributed by atoms with van der Waals surface area (Å²) in [5.74, 6) is 0. The number of aliphatic hydroxyl groups excluding tert-OH is 2. The molecule has 0 aliphatic carbocycles. The van der Waals surface area contributed by atoms with Crippen LogP contribution >= 0.6 is 15.6 Å². The number of phosphoric acid groups is 2. The number of rotatable bonds is 8. The minimum atomic E-state index is -4.72. The molecule has 6 atom stereocenters. The molecule has 0 radical (unpaired) electrons. The van der Waals surface area contributed by atoms with Gasteiger partial charge in [0, 0.05) is 26.5 Å². The van der Waals surface area contributed by atoms with Crippen molar-refractivity contribution in [2.24, 2.45) is 0 Å². The van der Waals surface area contributed by atoms with Crippen LogP contribution in [0.1, 0.15) is 6.23 Å². The number of nitrogens with one attached hydrogen (secondary N) is 1. The molecule has 0 saturated carbocycles. The van der Waals surface area contributed by atoms with Crippen LogP contribution in [0.5, 0.6) is 0 Å². The van der Waals surface area contributed by atoms with Crippen LogP contribution < -0.4 is 11.2 Å². The van der Waals surface area contributed by atoms with Crippen LogP contribution in [0.25, 0.3) is 0 Å². The van der Waals surface area contributed by atoms with Gasteiger partial charge in [-0.3, -0.25) is 27.9 Å². The minimum absolute atomic E-state index is 0.672. The van der Waals surface area contributed by atoms with Gasteiger partial charge in [-0.25, -0.2) is 13.9 Å². The second kappa shape index (κ2) is 8.45. The van der Waals surface area contributed by atoms with E-state index < -0.39 is 58.0 Å². The predicted molar refractivity (Wildman–Crippen MR) is 85.7 cm³/mol. The SMILES string of the molecule is COP(=O)(O)OP(=O)(OC)OCC1OC(n2ccc(=O)[nH]c2=O)C(O)C1O. The van der Waals surface area contributed by atoms with E-state index >= 15 is 0 Å². The van der Waals surface area contributed by atoms with E-state index in [4.69, 9.17) is 9.26 Å². The monoisotopic (exact) mass is 432 g/mol. The zero-order valence-electron chi connectivity index (χ0n) is 14.0. The van der Waals surface area contributed by atoms with Gasteiger partial charge in [0.05, 0.1) is 6.61 Å². The van der Waals surface area contributed by atoms with Gasteiger partial charge in [-0.1, -0.05) is 0 Å². The zero-order chi connectivity index (χ0) is 20.4. The molecule has 27 heavy (non-hydrogen) atoms. The van der Waals surface area contributed by atoms with Crippen molar-refractivity contribution in [3.05, 3.63) is 33.1 Å². The van der Waals surface area contributed by atoms with Gasteiger partial charge in [-0.05, 0) is 0 Å². The Morgan fingerprint density at radius 3 is 2.44 bits per heavy atom. The largest absolute Gasteiger partial charge is 0.483 e. The highest BCUT2D eigenvalue weighted by atomic mass is 31.3. The second-order valence-corrected chi connectivity index (χ2v) is 8.70. The van der Waals surface area contributed by atoms with Gasteiger partial charge in [0.15, 0.2) is 6.23 Å². The number of ether oxygens (including phenoxy) is 1. The highest BCUT2D eigenvalue weighted by Gasteiger charge is 2.46. The number of hydrogen-bond donors (Lipinski definition) is 4. The Morgan fingerprint density at radius 2 is 1.89 bits per heavy atom. The van der Waals surface area contributed by atoms with Crippen molar-refractivity contribution in [1.82, 2.24) is 9.55 Å². The molecule has 0 spiro atoms. The van der Waals surface area contributed by atoms with Crippen molar-refractivity contribution in [2.75, 3.05) is 20.8 Å². The molecule has 0 aromatic carbocycles. The number of aromatic amines is 1. The highest BCUT2D eigenvalue weighted by Crippen LogP contribution is 2.62. The summed E-state index contributed by atoms with van der Waals surface area (Å²) in [4.78, 5) is 34.0. The molecule has 1 aliphatic heterocycles. The van der Waals surface area contributed by atoms with Crippen LogP contribution in [0.2, 0.25) is 0 Å². The lowest BCUT2D eigenvalue weighted by atomic mass is 10.1. The molecule has 1 aromatic heterocycles. The Balaban J connectivity index is 2.11. The molecule has 4 N–H and O–H groups in total. The lowest BCUT2D eigenvalue weighted by Crippen LogP contribution is -2.37.